The summed E-state index contributed by atoms with van der Waals surface area (Å²) in [5.41, 5.74) is 4.80. The highest BCUT2D eigenvalue weighted by Gasteiger charge is 2.18. The number of rotatable bonds is 4. The molecule has 2 aromatic heterocycles. The fraction of sp³-hybridized carbons (Fsp3) is 0.300. The minimum atomic E-state index is -0.324. The molecule has 29 heavy (non-hydrogen) atoms. The molecule has 0 saturated heterocycles. The molecule has 1 aromatic carbocycles. The zero-order valence-corrected chi connectivity index (χ0v) is 16.6. The number of amides is 2. The Labute approximate surface area is 167 Å². The van der Waals surface area contributed by atoms with Crippen LogP contribution in [0.3, 0.4) is 0 Å². The van der Waals surface area contributed by atoms with Crippen LogP contribution in [0.2, 0.25) is 0 Å². The summed E-state index contributed by atoms with van der Waals surface area (Å²) < 4.78 is 1.61. The largest absolute Gasteiger partial charge is 0.338 e. The maximum absolute atomic E-state index is 12.3. The molecular formula is C20H23N7O2. The molecule has 9 heteroatoms. The molecule has 9 nitrogen and oxygen atoms in total. The zero-order chi connectivity index (χ0) is 20.5. The summed E-state index contributed by atoms with van der Waals surface area (Å²) >= 11 is 0. The second kappa shape index (κ2) is 7.42. The van der Waals surface area contributed by atoms with Crippen molar-refractivity contribution in [1.29, 1.82) is 0 Å². The average Bonchev–Trinajstić information content (AvgIpc) is 3.34. The molecule has 0 aliphatic carbocycles. The van der Waals surface area contributed by atoms with Crippen LogP contribution in [0.5, 0.6) is 0 Å². The quantitative estimate of drug-likeness (QED) is 0.633. The van der Waals surface area contributed by atoms with E-state index < -0.39 is 0 Å². The smallest absolute Gasteiger partial charge is 0.321 e. The third-order valence-corrected chi connectivity index (χ3v) is 4.94. The Morgan fingerprint density at radius 2 is 2.03 bits per heavy atom. The van der Waals surface area contributed by atoms with Crippen LogP contribution in [0.15, 0.2) is 34.2 Å². The molecule has 0 atom stereocenters. The molecule has 0 fully saturated rings. The van der Waals surface area contributed by atoms with Crippen LogP contribution in [0, 0.1) is 6.92 Å². The van der Waals surface area contributed by atoms with E-state index in [0.29, 0.717) is 18.0 Å². The number of H-pyrrole nitrogens is 1. The van der Waals surface area contributed by atoms with E-state index in [-0.39, 0.29) is 11.6 Å². The van der Waals surface area contributed by atoms with E-state index in [9.17, 15) is 9.59 Å². The first-order chi connectivity index (χ1) is 14.0. The van der Waals surface area contributed by atoms with Crippen molar-refractivity contribution >= 4 is 34.9 Å². The van der Waals surface area contributed by atoms with E-state index in [1.54, 1.807) is 17.7 Å². The van der Waals surface area contributed by atoms with Gasteiger partial charge in [-0.25, -0.2) is 9.78 Å². The highest BCUT2D eigenvalue weighted by Crippen LogP contribution is 2.34. The van der Waals surface area contributed by atoms with Crippen molar-refractivity contribution in [2.75, 3.05) is 23.4 Å². The number of carbonyl (C=O) groups excluding carboxylic acids is 1. The van der Waals surface area contributed by atoms with Crippen molar-refractivity contribution in [2.24, 2.45) is 12.1 Å². The van der Waals surface area contributed by atoms with Gasteiger partial charge in [0.15, 0.2) is 0 Å². The number of aromatic nitrogens is 3. The summed E-state index contributed by atoms with van der Waals surface area (Å²) in [6.45, 7) is 5.02. The number of hydrazone groups is 1. The van der Waals surface area contributed by atoms with Crippen LogP contribution >= 0.6 is 0 Å². The lowest BCUT2D eigenvalue weighted by molar-refractivity contribution is 0.252. The van der Waals surface area contributed by atoms with Gasteiger partial charge in [-0.1, -0.05) is 0 Å². The number of imidazole rings is 1. The van der Waals surface area contributed by atoms with Crippen molar-refractivity contribution in [3.8, 4) is 11.1 Å². The number of benzene rings is 1. The standard InChI is InChI=1S/C20H23N7O2/c1-4-21-20(29)25-19-23-15-9-14(13-8-12(2)26(3)17(28)11-13)10-16(18(15)24-19)27-7-5-6-22-27/h6,8-11H,4-5,7H2,1-3H3,(H3,21,23,24,25,29). The second-order valence-electron chi connectivity index (χ2n) is 6.95. The Bertz CT molecular complexity index is 1180. The van der Waals surface area contributed by atoms with Gasteiger partial charge in [0.25, 0.3) is 5.56 Å². The van der Waals surface area contributed by atoms with E-state index in [1.165, 1.54) is 0 Å². The SMILES string of the molecule is CCNC(=O)Nc1nc2c(N3CCC=N3)cc(-c3cc(C)n(C)c(=O)c3)cc2[nH]1. The lowest BCUT2D eigenvalue weighted by atomic mass is 10.0. The Morgan fingerprint density at radius 3 is 2.72 bits per heavy atom. The first-order valence-corrected chi connectivity index (χ1v) is 9.53. The number of hydrogen-bond acceptors (Lipinski definition) is 5. The molecule has 0 unspecified atom stereocenters. The summed E-state index contributed by atoms with van der Waals surface area (Å²) in [5.74, 6) is 0.354. The third kappa shape index (κ3) is 3.58. The fourth-order valence-electron chi connectivity index (χ4n) is 3.34. The number of nitrogens with zero attached hydrogens (tertiary/aromatic N) is 4. The van der Waals surface area contributed by atoms with Crippen molar-refractivity contribution < 1.29 is 4.79 Å². The van der Waals surface area contributed by atoms with Gasteiger partial charge in [-0.3, -0.25) is 15.1 Å². The van der Waals surface area contributed by atoms with Crippen molar-refractivity contribution in [3.05, 3.63) is 40.3 Å². The van der Waals surface area contributed by atoms with Crippen LogP contribution in [0.1, 0.15) is 19.0 Å². The highest BCUT2D eigenvalue weighted by molar-refractivity contribution is 5.97. The van der Waals surface area contributed by atoms with Crippen LogP contribution in [-0.2, 0) is 7.05 Å². The molecule has 2 amide bonds. The van der Waals surface area contributed by atoms with Gasteiger partial charge < -0.3 is 14.9 Å². The number of hydrogen-bond donors (Lipinski definition) is 3. The first kappa shape index (κ1) is 18.7. The van der Waals surface area contributed by atoms with Crippen LogP contribution in [-0.4, -0.2) is 39.9 Å². The van der Waals surface area contributed by atoms with Crippen molar-refractivity contribution in [2.45, 2.75) is 20.3 Å². The molecule has 1 aliphatic heterocycles. The van der Waals surface area contributed by atoms with E-state index in [2.05, 4.69) is 25.7 Å². The molecule has 0 spiro atoms. The van der Waals surface area contributed by atoms with E-state index in [4.69, 9.17) is 0 Å². The molecule has 3 aromatic rings. The number of pyridine rings is 1. The van der Waals surface area contributed by atoms with Crippen molar-refractivity contribution in [1.82, 2.24) is 19.9 Å². The number of fused-ring (bicyclic) bond motifs is 1. The lowest BCUT2D eigenvalue weighted by Crippen LogP contribution is -2.28. The van der Waals surface area contributed by atoms with Gasteiger partial charge in [0.2, 0.25) is 5.95 Å². The molecular weight excluding hydrogens is 370 g/mol. The van der Waals surface area contributed by atoms with Crippen LogP contribution in [0.4, 0.5) is 16.4 Å². The van der Waals surface area contributed by atoms with E-state index >= 15 is 0 Å². The molecule has 3 heterocycles. The first-order valence-electron chi connectivity index (χ1n) is 9.53. The molecule has 4 rings (SSSR count). The Balaban J connectivity index is 1.85. The number of nitrogens with one attached hydrogen (secondary N) is 3. The predicted molar refractivity (Wildman–Crippen MR) is 115 cm³/mol. The van der Waals surface area contributed by atoms with E-state index in [0.717, 1.165) is 41.0 Å². The number of aromatic amines is 1. The Morgan fingerprint density at radius 1 is 1.24 bits per heavy atom. The fourth-order valence-corrected chi connectivity index (χ4v) is 3.34. The lowest BCUT2D eigenvalue weighted by Gasteiger charge is -2.16. The molecule has 150 valence electrons. The Hall–Kier alpha value is -3.62. The minimum absolute atomic E-state index is 0.0657. The van der Waals surface area contributed by atoms with Crippen LogP contribution < -0.4 is 21.2 Å². The van der Waals surface area contributed by atoms with Gasteiger partial charge >= 0.3 is 6.03 Å². The Kier molecular flexibility index (Phi) is 4.79. The zero-order valence-electron chi connectivity index (χ0n) is 16.6. The monoisotopic (exact) mass is 393 g/mol. The number of urea groups is 1. The van der Waals surface area contributed by atoms with Crippen LogP contribution in [0.25, 0.3) is 22.2 Å². The molecule has 0 saturated carbocycles. The maximum Gasteiger partial charge on any atom is 0.321 e. The number of carbonyl (C=O) groups is 1. The van der Waals surface area contributed by atoms with Gasteiger partial charge in [-0.05, 0) is 43.2 Å². The van der Waals surface area contributed by atoms with Crippen molar-refractivity contribution in [3.63, 3.8) is 0 Å². The summed E-state index contributed by atoms with van der Waals surface area (Å²) in [6, 6.07) is 7.19. The maximum atomic E-state index is 12.3. The highest BCUT2D eigenvalue weighted by atomic mass is 16.2. The normalized spacial score (nSPS) is 13.3. The predicted octanol–water partition coefficient (Wildman–Crippen LogP) is 2.57. The van der Waals surface area contributed by atoms with E-state index in [1.807, 2.05) is 43.3 Å². The molecule has 0 bridgehead atoms. The topological polar surface area (TPSA) is 107 Å². The summed E-state index contributed by atoms with van der Waals surface area (Å²) in [4.78, 5) is 31.9. The van der Waals surface area contributed by atoms with Gasteiger partial charge in [-0.15, -0.1) is 0 Å². The van der Waals surface area contributed by atoms with Gasteiger partial charge in [0.1, 0.15) is 5.52 Å². The summed E-state index contributed by atoms with van der Waals surface area (Å²) in [6.07, 6.45) is 2.71. The molecule has 3 N–H and O–H groups in total. The van der Waals surface area contributed by atoms with Gasteiger partial charge in [-0.2, -0.15) is 5.10 Å². The summed E-state index contributed by atoms with van der Waals surface area (Å²) in [7, 11) is 1.75. The second-order valence-corrected chi connectivity index (χ2v) is 6.95. The minimum Gasteiger partial charge on any atom is -0.338 e. The van der Waals surface area contributed by atoms with Gasteiger partial charge in [0.05, 0.1) is 11.2 Å². The summed E-state index contributed by atoms with van der Waals surface area (Å²) in [5, 5.41) is 11.7. The molecule has 1 aliphatic rings. The third-order valence-electron chi connectivity index (χ3n) is 4.94. The average molecular weight is 393 g/mol. The number of aryl methyl sites for hydroxylation is 1. The molecule has 0 radical (unpaired) electrons. The van der Waals surface area contributed by atoms with Gasteiger partial charge in [0, 0.05) is 44.5 Å². The number of anilines is 2.